The molecule has 24 heteroatoms. The number of fused-ring (bicyclic) bond motifs is 1. The lowest BCUT2D eigenvalue weighted by Gasteiger charge is -2.27. The number of imide groups is 2. The van der Waals surface area contributed by atoms with E-state index in [9.17, 15) is 46.8 Å². The Bertz CT molecular complexity index is 2570. The molecule has 5 atom stereocenters. The third kappa shape index (κ3) is 14.2. The second-order valence-electron chi connectivity index (χ2n) is 17.0. The lowest BCUT2D eigenvalue weighted by molar-refractivity contribution is -0.136. The number of thioether (sulfide) groups is 1. The largest absolute Gasteiger partial charge is 0.483 e. The predicted octanol–water partition coefficient (Wildman–Crippen LogP) is -0.194. The first-order valence-corrected chi connectivity index (χ1v) is 25.9. The second kappa shape index (κ2) is 24.7. The molecule has 4 aliphatic rings. The number of benzene rings is 3. The van der Waals surface area contributed by atoms with E-state index in [0.717, 1.165) is 28.0 Å². The molecule has 0 saturated carbocycles. The summed E-state index contributed by atoms with van der Waals surface area (Å²) in [6, 6.07) is 18.7. The number of nitrogens with one attached hydrogen (secondary N) is 6. The molecule has 0 aliphatic carbocycles. The van der Waals surface area contributed by atoms with Crippen molar-refractivity contribution in [3.63, 3.8) is 0 Å². The Morgan fingerprint density at radius 1 is 0.845 bits per heavy atom. The summed E-state index contributed by atoms with van der Waals surface area (Å²) in [6.45, 7) is 0.897. The Labute approximate surface area is 414 Å². The maximum absolute atomic E-state index is 13.6. The molecule has 4 unspecified atom stereocenters. The highest BCUT2D eigenvalue weighted by molar-refractivity contribution is 8.00. The van der Waals surface area contributed by atoms with Gasteiger partial charge in [-0.2, -0.15) is 0 Å². The number of carbonyl (C=O) groups is 8. The van der Waals surface area contributed by atoms with Crippen LogP contribution in [0.15, 0.2) is 72.8 Å². The van der Waals surface area contributed by atoms with Crippen molar-refractivity contribution in [1.82, 2.24) is 41.1 Å². The number of hydrogen-bond donors (Lipinski definition) is 6. The summed E-state index contributed by atoms with van der Waals surface area (Å²) < 4.78 is 47.9. The second-order valence-corrected chi connectivity index (χ2v) is 20.1. The van der Waals surface area contributed by atoms with E-state index >= 15 is 0 Å². The van der Waals surface area contributed by atoms with Crippen LogP contribution in [0.4, 0.5) is 0 Å². The summed E-state index contributed by atoms with van der Waals surface area (Å²) in [5.74, 6) is -4.25. The minimum absolute atomic E-state index is 0.00724. The third-order valence-corrected chi connectivity index (χ3v) is 14.3. The number of ether oxygens (including phenoxy) is 4. The first-order chi connectivity index (χ1) is 34.2. The molecule has 6 N–H and O–H groups in total. The minimum Gasteiger partial charge on any atom is -0.483 e. The molecule has 3 fully saturated rings. The van der Waals surface area contributed by atoms with Gasteiger partial charge in [0.15, 0.2) is 6.61 Å². The zero-order chi connectivity index (χ0) is 50.5. The number of sulfonamides is 1. The van der Waals surface area contributed by atoms with Crippen LogP contribution in [0, 0.1) is 5.92 Å². The molecular weight excluding hydrogens is 965 g/mol. The number of piperidine rings is 1. The van der Waals surface area contributed by atoms with E-state index in [1.54, 1.807) is 24.3 Å². The Balaban J connectivity index is 0.756. The maximum Gasteiger partial charge on any atom is 0.266 e. The van der Waals surface area contributed by atoms with Crippen LogP contribution >= 0.6 is 11.8 Å². The van der Waals surface area contributed by atoms with Crippen LogP contribution in [0.25, 0.3) is 0 Å². The quantitative estimate of drug-likeness (QED) is 0.0501. The molecule has 3 aromatic carbocycles. The van der Waals surface area contributed by atoms with Gasteiger partial charge in [-0.3, -0.25) is 53.9 Å². The zero-order valence-corrected chi connectivity index (χ0v) is 40.5. The van der Waals surface area contributed by atoms with E-state index in [2.05, 4.69) is 31.9 Å². The molecule has 4 heterocycles. The lowest BCUT2D eigenvalue weighted by Crippen LogP contribution is -2.54. The number of nitrogens with zero attached hydrogens (tertiary/aromatic N) is 2. The van der Waals surface area contributed by atoms with Crippen LogP contribution in [0.2, 0.25) is 0 Å². The normalized spacial score (nSPS) is 20.5. The van der Waals surface area contributed by atoms with E-state index < -0.39 is 81.5 Å². The number of rotatable bonds is 24. The summed E-state index contributed by atoms with van der Waals surface area (Å²) in [6.07, 6.45) is 1.42. The molecular formula is C47H56N8O14S2. The van der Waals surface area contributed by atoms with E-state index in [4.69, 9.17) is 18.9 Å². The Kier molecular flexibility index (Phi) is 18.3. The summed E-state index contributed by atoms with van der Waals surface area (Å²) >= 11 is 1.53. The smallest absolute Gasteiger partial charge is 0.266 e. The van der Waals surface area contributed by atoms with Gasteiger partial charge in [-0.1, -0.05) is 48.5 Å². The maximum atomic E-state index is 13.6. The number of amides is 8. The standard InChI is InChI=1S/C47H56N8O14S2/c1-71(64,65)54-19-16-32(24-54)42(59)50-34(43(60)53-47-51-35(28-70-47)30-6-3-2-4-7-30)26-68-25-29-10-12-31(13-11-29)41(58)49-18-21-67-23-22-66-20-17-48-39(57)27-69-37-9-5-8-33-40(37)46(63)55(45(33)62)36-14-15-38(56)52-44(36)61/h2-13,32,34-36,47,51H,14-28H2,1H3,(H,48,57)(H,49,58)(H,50,59)(H,53,60)(H,52,56,61)/t32?,34-,35?,36?,47?/m0/s1. The molecule has 3 saturated heterocycles. The topological polar surface area (TPSA) is 286 Å². The average molecular weight is 1020 g/mol. The average Bonchev–Trinajstić information content (AvgIpc) is 4.11. The van der Waals surface area contributed by atoms with E-state index in [-0.39, 0.29) is 107 Å². The Hall–Kier alpha value is -6.28. The fourth-order valence-electron chi connectivity index (χ4n) is 8.15. The summed E-state index contributed by atoms with van der Waals surface area (Å²) in [7, 11) is -3.47. The first kappa shape index (κ1) is 52.5. The van der Waals surface area contributed by atoms with E-state index in [0.29, 0.717) is 12.0 Å². The minimum atomic E-state index is -3.47. The third-order valence-electron chi connectivity index (χ3n) is 11.9. The molecule has 0 bridgehead atoms. The molecule has 0 spiro atoms. The van der Waals surface area contributed by atoms with Crippen molar-refractivity contribution in [2.45, 2.75) is 49.5 Å². The van der Waals surface area contributed by atoms with Gasteiger partial charge in [-0.25, -0.2) is 12.7 Å². The molecule has 8 amide bonds. The van der Waals surface area contributed by atoms with Crippen molar-refractivity contribution >= 4 is 69.0 Å². The summed E-state index contributed by atoms with van der Waals surface area (Å²) in [5, 5.41) is 16.7. The fraction of sp³-hybridized carbons (Fsp3) is 0.447. The Morgan fingerprint density at radius 2 is 1.58 bits per heavy atom. The van der Waals surface area contributed by atoms with Gasteiger partial charge in [0.1, 0.15) is 23.3 Å². The van der Waals surface area contributed by atoms with Crippen molar-refractivity contribution in [3.8, 4) is 5.75 Å². The van der Waals surface area contributed by atoms with E-state index in [1.807, 2.05) is 30.3 Å². The molecule has 22 nitrogen and oxygen atoms in total. The molecule has 4 aliphatic heterocycles. The lowest BCUT2D eigenvalue weighted by atomic mass is 10.0. The SMILES string of the molecule is CS(=O)(=O)N1CCC(C(=O)N[C@@H](COCc2ccc(C(=O)NCCOCCOCCNC(=O)COc3cccc4c3C(=O)N(C3CCC(=O)NC3=O)C4=O)cc2)C(=O)NC2NC(c3ccccc3)CS2)C1. The highest BCUT2D eigenvalue weighted by Gasteiger charge is 2.46. The molecule has 0 aromatic heterocycles. The van der Waals surface area contributed by atoms with Crippen LogP contribution in [0.3, 0.4) is 0 Å². The molecule has 7 rings (SSSR count). The predicted molar refractivity (Wildman–Crippen MR) is 255 cm³/mol. The molecule has 0 radical (unpaired) electrons. The van der Waals surface area contributed by atoms with Gasteiger partial charge in [0, 0.05) is 50.0 Å². The van der Waals surface area contributed by atoms with Gasteiger partial charge >= 0.3 is 0 Å². The van der Waals surface area contributed by atoms with Crippen molar-refractivity contribution in [3.05, 3.63) is 101 Å². The van der Waals surface area contributed by atoms with Gasteiger partial charge in [0.05, 0.1) is 62.9 Å². The number of hydrogen-bond acceptors (Lipinski definition) is 16. The molecule has 71 heavy (non-hydrogen) atoms. The van der Waals surface area contributed by atoms with Gasteiger partial charge < -0.3 is 40.2 Å². The van der Waals surface area contributed by atoms with Crippen LogP contribution in [0.1, 0.15) is 67.5 Å². The van der Waals surface area contributed by atoms with E-state index in [1.165, 1.54) is 34.3 Å². The molecule has 380 valence electrons. The van der Waals surface area contributed by atoms with Crippen LogP contribution in [0.5, 0.6) is 5.75 Å². The van der Waals surface area contributed by atoms with Gasteiger partial charge in [-0.05, 0) is 48.2 Å². The van der Waals surface area contributed by atoms with Crippen LogP contribution in [-0.2, 0) is 54.8 Å². The fourth-order valence-corrected chi connectivity index (χ4v) is 10.2. The monoisotopic (exact) mass is 1020 g/mol. The van der Waals surface area contributed by atoms with Gasteiger partial charge in [0.2, 0.25) is 33.7 Å². The van der Waals surface area contributed by atoms with Crippen molar-refractivity contribution in [2.24, 2.45) is 5.92 Å². The van der Waals surface area contributed by atoms with Crippen LogP contribution < -0.4 is 36.6 Å². The van der Waals surface area contributed by atoms with Gasteiger partial charge in [-0.15, -0.1) is 11.8 Å². The van der Waals surface area contributed by atoms with Gasteiger partial charge in [0.25, 0.3) is 23.6 Å². The molecule has 3 aromatic rings. The van der Waals surface area contributed by atoms with Crippen molar-refractivity contribution in [2.75, 3.05) is 77.8 Å². The van der Waals surface area contributed by atoms with Crippen molar-refractivity contribution in [1.29, 1.82) is 0 Å². The highest BCUT2D eigenvalue weighted by atomic mass is 32.2. The zero-order valence-electron chi connectivity index (χ0n) is 38.8. The summed E-state index contributed by atoms with van der Waals surface area (Å²) in [4.78, 5) is 103. The highest BCUT2D eigenvalue weighted by Crippen LogP contribution is 2.34. The summed E-state index contributed by atoms with van der Waals surface area (Å²) in [5.41, 5.74) is 1.77. The van der Waals surface area contributed by atoms with Crippen molar-refractivity contribution < 1.29 is 65.7 Å². The van der Waals surface area contributed by atoms with Crippen LogP contribution in [-0.4, -0.2) is 160 Å². The Morgan fingerprint density at radius 3 is 2.28 bits per heavy atom. The number of carbonyl (C=O) groups excluding carboxylic acids is 8. The first-order valence-electron chi connectivity index (χ1n) is 23.0.